The number of Topliss-reactive ketones (excluding diaryl/α,β-unsaturated/α-hetero) is 2. The molecule has 0 aliphatic heterocycles. The fourth-order valence-corrected chi connectivity index (χ4v) is 2.40. The van der Waals surface area contributed by atoms with E-state index in [1.165, 1.54) is 7.11 Å². The number of benzene rings is 1. The molecule has 0 saturated heterocycles. The minimum atomic E-state index is -0.852. The first-order valence-electron chi connectivity index (χ1n) is 5.80. The van der Waals surface area contributed by atoms with Crippen LogP contribution < -0.4 is 0 Å². The smallest absolute Gasteiger partial charge is 0.316 e. The van der Waals surface area contributed by atoms with Crippen molar-refractivity contribution in [2.24, 2.45) is 5.92 Å². The third-order valence-electron chi connectivity index (χ3n) is 3.25. The summed E-state index contributed by atoms with van der Waals surface area (Å²) in [4.78, 5) is 35.1. The molecule has 2 atom stereocenters. The van der Waals surface area contributed by atoms with Gasteiger partial charge in [0, 0.05) is 12.3 Å². The maximum Gasteiger partial charge on any atom is 0.316 e. The highest BCUT2D eigenvalue weighted by Crippen LogP contribution is 2.34. The van der Waals surface area contributed by atoms with Gasteiger partial charge in [0.25, 0.3) is 0 Å². The van der Waals surface area contributed by atoms with Crippen molar-refractivity contribution < 1.29 is 19.1 Å². The van der Waals surface area contributed by atoms with Crippen LogP contribution in [0.2, 0.25) is 0 Å². The molecule has 1 aliphatic rings. The summed E-state index contributed by atoms with van der Waals surface area (Å²) in [6.07, 6.45) is 0.0542. The van der Waals surface area contributed by atoms with Gasteiger partial charge in [0.2, 0.25) is 0 Å². The van der Waals surface area contributed by atoms with E-state index in [1.807, 2.05) is 30.3 Å². The SMILES string of the molecule is COC(=O)[C@H]1C(=O)CC(=O)C[C@H]1c1ccccc1. The molecule has 94 valence electrons. The van der Waals surface area contributed by atoms with Gasteiger partial charge in [-0.1, -0.05) is 30.3 Å². The molecule has 1 aromatic carbocycles. The highest BCUT2D eigenvalue weighted by atomic mass is 16.5. The molecule has 0 aromatic heterocycles. The molecule has 1 aromatic rings. The Balaban J connectivity index is 2.36. The number of rotatable bonds is 2. The van der Waals surface area contributed by atoms with Crippen molar-refractivity contribution >= 4 is 17.5 Å². The van der Waals surface area contributed by atoms with Crippen LogP contribution in [0.25, 0.3) is 0 Å². The Hall–Kier alpha value is -1.97. The second-order valence-electron chi connectivity index (χ2n) is 4.40. The van der Waals surface area contributed by atoms with Crippen LogP contribution >= 0.6 is 0 Å². The topological polar surface area (TPSA) is 60.4 Å². The summed E-state index contributed by atoms with van der Waals surface area (Å²) in [6, 6.07) is 9.16. The number of carbonyl (C=O) groups excluding carboxylic acids is 3. The monoisotopic (exact) mass is 246 g/mol. The van der Waals surface area contributed by atoms with E-state index < -0.39 is 17.8 Å². The molecule has 4 heteroatoms. The Morgan fingerprint density at radius 1 is 1.22 bits per heavy atom. The molecule has 1 aliphatic carbocycles. The third-order valence-corrected chi connectivity index (χ3v) is 3.25. The predicted octanol–water partition coefficient (Wildman–Crippen LogP) is 1.49. The number of methoxy groups -OCH3 is 1. The molecule has 0 bridgehead atoms. The Kier molecular flexibility index (Phi) is 3.55. The first-order chi connectivity index (χ1) is 8.63. The number of hydrogen-bond acceptors (Lipinski definition) is 4. The summed E-state index contributed by atoms with van der Waals surface area (Å²) in [5.41, 5.74) is 0.828. The lowest BCUT2D eigenvalue weighted by Crippen LogP contribution is -2.37. The lowest BCUT2D eigenvalue weighted by molar-refractivity contribution is -0.152. The predicted molar refractivity (Wildman–Crippen MR) is 63.9 cm³/mol. The highest BCUT2D eigenvalue weighted by Gasteiger charge is 2.42. The van der Waals surface area contributed by atoms with Gasteiger partial charge in [-0.3, -0.25) is 14.4 Å². The van der Waals surface area contributed by atoms with Crippen molar-refractivity contribution in [3.8, 4) is 0 Å². The van der Waals surface area contributed by atoms with Gasteiger partial charge >= 0.3 is 5.97 Å². The maximum absolute atomic E-state index is 11.9. The zero-order valence-corrected chi connectivity index (χ0v) is 10.1. The lowest BCUT2D eigenvalue weighted by Gasteiger charge is -2.27. The highest BCUT2D eigenvalue weighted by molar-refractivity contribution is 6.11. The average molecular weight is 246 g/mol. The zero-order chi connectivity index (χ0) is 13.1. The Labute approximate surface area is 105 Å². The minimum absolute atomic E-state index is 0.117. The van der Waals surface area contributed by atoms with E-state index in [1.54, 1.807) is 0 Å². The molecule has 0 radical (unpaired) electrons. The number of ether oxygens (including phenoxy) is 1. The fraction of sp³-hybridized carbons (Fsp3) is 0.357. The van der Waals surface area contributed by atoms with Crippen molar-refractivity contribution in [1.82, 2.24) is 0 Å². The van der Waals surface area contributed by atoms with Gasteiger partial charge in [0.1, 0.15) is 11.7 Å². The number of carbonyl (C=O) groups is 3. The van der Waals surface area contributed by atoms with E-state index in [0.29, 0.717) is 0 Å². The van der Waals surface area contributed by atoms with Crippen LogP contribution in [0.5, 0.6) is 0 Å². The van der Waals surface area contributed by atoms with Gasteiger partial charge in [0.15, 0.2) is 5.78 Å². The van der Waals surface area contributed by atoms with Crippen molar-refractivity contribution in [3.05, 3.63) is 35.9 Å². The first kappa shape index (κ1) is 12.5. The molecular formula is C14H14O4. The molecule has 4 nitrogen and oxygen atoms in total. The average Bonchev–Trinajstić information content (AvgIpc) is 2.38. The summed E-state index contributed by atoms with van der Waals surface area (Å²) < 4.78 is 4.68. The largest absolute Gasteiger partial charge is 0.468 e. The van der Waals surface area contributed by atoms with E-state index in [-0.39, 0.29) is 24.4 Å². The van der Waals surface area contributed by atoms with Gasteiger partial charge in [-0.2, -0.15) is 0 Å². The summed E-state index contributed by atoms with van der Waals surface area (Å²) >= 11 is 0. The molecule has 18 heavy (non-hydrogen) atoms. The number of ketones is 2. The summed E-state index contributed by atoms with van der Waals surface area (Å²) in [5.74, 6) is -2.26. The van der Waals surface area contributed by atoms with Crippen LogP contribution in [0, 0.1) is 5.92 Å². The Morgan fingerprint density at radius 2 is 1.89 bits per heavy atom. The molecule has 2 rings (SSSR count). The van der Waals surface area contributed by atoms with E-state index >= 15 is 0 Å². The maximum atomic E-state index is 11.9. The van der Waals surface area contributed by atoms with Gasteiger partial charge in [0.05, 0.1) is 13.5 Å². The molecule has 0 N–H and O–H groups in total. The van der Waals surface area contributed by atoms with Gasteiger partial charge in [-0.05, 0) is 5.56 Å². The lowest BCUT2D eigenvalue weighted by atomic mass is 9.74. The number of hydrogen-bond donors (Lipinski definition) is 0. The van der Waals surface area contributed by atoms with Crippen LogP contribution in [0.15, 0.2) is 30.3 Å². The Bertz CT molecular complexity index is 478. The second kappa shape index (κ2) is 5.12. The molecule has 1 saturated carbocycles. The standard InChI is InChI=1S/C14H14O4/c1-18-14(17)13-11(7-10(15)8-12(13)16)9-5-3-2-4-6-9/h2-6,11,13H,7-8H2,1H3/t11-,13+/m0/s1. The molecule has 0 unspecified atom stereocenters. The van der Waals surface area contributed by atoms with Gasteiger partial charge in [-0.15, -0.1) is 0 Å². The van der Waals surface area contributed by atoms with E-state index in [9.17, 15) is 14.4 Å². The number of esters is 1. The van der Waals surface area contributed by atoms with Crippen molar-refractivity contribution in [2.75, 3.05) is 7.11 Å². The first-order valence-corrected chi connectivity index (χ1v) is 5.80. The molecule has 1 fully saturated rings. The zero-order valence-electron chi connectivity index (χ0n) is 10.1. The van der Waals surface area contributed by atoms with Crippen molar-refractivity contribution in [2.45, 2.75) is 18.8 Å². The summed E-state index contributed by atoms with van der Waals surface area (Å²) in [7, 11) is 1.26. The van der Waals surface area contributed by atoms with Crippen LogP contribution in [0.4, 0.5) is 0 Å². The summed E-state index contributed by atoms with van der Waals surface area (Å²) in [5, 5.41) is 0. The van der Waals surface area contributed by atoms with Gasteiger partial charge in [-0.25, -0.2) is 0 Å². The van der Waals surface area contributed by atoms with Crippen LogP contribution in [0.1, 0.15) is 24.3 Å². The molecular weight excluding hydrogens is 232 g/mol. The van der Waals surface area contributed by atoms with Crippen LogP contribution in [-0.4, -0.2) is 24.6 Å². The molecule has 0 spiro atoms. The van der Waals surface area contributed by atoms with Crippen LogP contribution in [0.3, 0.4) is 0 Å². The molecule has 0 amide bonds. The van der Waals surface area contributed by atoms with Crippen molar-refractivity contribution in [1.29, 1.82) is 0 Å². The van der Waals surface area contributed by atoms with E-state index in [0.717, 1.165) is 5.56 Å². The van der Waals surface area contributed by atoms with Crippen LogP contribution in [-0.2, 0) is 19.1 Å². The Morgan fingerprint density at radius 3 is 2.50 bits per heavy atom. The second-order valence-corrected chi connectivity index (χ2v) is 4.40. The fourth-order valence-electron chi connectivity index (χ4n) is 2.40. The normalized spacial score (nSPS) is 23.8. The van der Waals surface area contributed by atoms with E-state index in [4.69, 9.17) is 0 Å². The van der Waals surface area contributed by atoms with Crippen molar-refractivity contribution in [3.63, 3.8) is 0 Å². The summed E-state index contributed by atoms with van der Waals surface area (Å²) in [6.45, 7) is 0. The third kappa shape index (κ3) is 2.32. The van der Waals surface area contributed by atoms with Gasteiger partial charge < -0.3 is 4.74 Å². The van der Waals surface area contributed by atoms with E-state index in [2.05, 4.69) is 4.74 Å². The minimum Gasteiger partial charge on any atom is -0.468 e. The quantitative estimate of drug-likeness (QED) is 0.586. The molecule has 0 heterocycles.